The highest BCUT2D eigenvalue weighted by Crippen LogP contribution is 2.23. The molecule has 24 heavy (non-hydrogen) atoms. The van der Waals surface area contributed by atoms with Gasteiger partial charge in [0, 0.05) is 28.2 Å². The summed E-state index contributed by atoms with van der Waals surface area (Å²) in [6.07, 6.45) is 0. The standard InChI is InChI=1S/C19H19ClN4/c1-12-4-5-13(2)17(10-12)23-18-11-14(3)21-19(24-18)22-16-8-6-15(20)7-9-16/h4-11H,1-3H3,(H2,21,22,23,24). The van der Waals surface area contributed by atoms with Gasteiger partial charge in [-0.1, -0.05) is 23.7 Å². The molecule has 0 aliphatic rings. The molecule has 0 saturated heterocycles. The van der Waals surface area contributed by atoms with Gasteiger partial charge in [0.1, 0.15) is 5.82 Å². The van der Waals surface area contributed by atoms with Crippen molar-refractivity contribution in [2.24, 2.45) is 0 Å². The van der Waals surface area contributed by atoms with Gasteiger partial charge < -0.3 is 10.6 Å². The monoisotopic (exact) mass is 338 g/mol. The highest BCUT2D eigenvalue weighted by Gasteiger charge is 2.05. The largest absolute Gasteiger partial charge is 0.340 e. The van der Waals surface area contributed by atoms with Gasteiger partial charge >= 0.3 is 0 Å². The van der Waals surface area contributed by atoms with Crippen molar-refractivity contribution in [3.8, 4) is 0 Å². The molecule has 2 aromatic carbocycles. The van der Waals surface area contributed by atoms with Crippen LogP contribution < -0.4 is 10.6 Å². The number of aromatic nitrogens is 2. The van der Waals surface area contributed by atoms with Crippen LogP contribution in [0.1, 0.15) is 16.8 Å². The Labute approximate surface area is 146 Å². The number of nitrogens with one attached hydrogen (secondary N) is 2. The molecule has 1 aromatic heterocycles. The van der Waals surface area contributed by atoms with Crippen LogP contribution in [0.25, 0.3) is 0 Å². The van der Waals surface area contributed by atoms with Gasteiger partial charge in [-0.05, 0) is 62.2 Å². The van der Waals surface area contributed by atoms with Gasteiger partial charge in [0.2, 0.25) is 5.95 Å². The molecule has 2 N–H and O–H groups in total. The zero-order chi connectivity index (χ0) is 17.1. The van der Waals surface area contributed by atoms with Crippen molar-refractivity contribution in [3.63, 3.8) is 0 Å². The van der Waals surface area contributed by atoms with E-state index in [1.807, 2.05) is 37.3 Å². The molecule has 3 rings (SSSR count). The molecule has 0 atom stereocenters. The summed E-state index contributed by atoms with van der Waals surface area (Å²) in [5, 5.41) is 7.28. The fraction of sp³-hybridized carbons (Fsp3) is 0.158. The van der Waals surface area contributed by atoms with Gasteiger partial charge in [-0.3, -0.25) is 0 Å². The van der Waals surface area contributed by atoms with Gasteiger partial charge in [0.15, 0.2) is 0 Å². The molecule has 5 heteroatoms. The molecular formula is C19H19ClN4. The molecule has 122 valence electrons. The van der Waals surface area contributed by atoms with Crippen LogP contribution in [0, 0.1) is 20.8 Å². The van der Waals surface area contributed by atoms with E-state index in [1.54, 1.807) is 0 Å². The van der Waals surface area contributed by atoms with Gasteiger partial charge in [-0.15, -0.1) is 0 Å². The van der Waals surface area contributed by atoms with Crippen molar-refractivity contribution in [2.45, 2.75) is 20.8 Å². The van der Waals surface area contributed by atoms with Crippen molar-refractivity contribution in [3.05, 3.63) is 70.4 Å². The van der Waals surface area contributed by atoms with Gasteiger partial charge in [-0.2, -0.15) is 4.98 Å². The average Bonchev–Trinajstić information content (AvgIpc) is 2.53. The van der Waals surface area contributed by atoms with E-state index in [-0.39, 0.29) is 0 Å². The van der Waals surface area contributed by atoms with Crippen LogP contribution in [0.2, 0.25) is 5.02 Å². The molecule has 0 bridgehead atoms. The Morgan fingerprint density at radius 1 is 0.833 bits per heavy atom. The zero-order valence-corrected chi connectivity index (χ0v) is 14.6. The number of hydrogen-bond donors (Lipinski definition) is 2. The fourth-order valence-corrected chi connectivity index (χ4v) is 2.49. The lowest BCUT2D eigenvalue weighted by atomic mass is 10.1. The Kier molecular flexibility index (Phi) is 4.67. The lowest BCUT2D eigenvalue weighted by Gasteiger charge is -2.12. The van der Waals surface area contributed by atoms with Crippen LogP contribution in [0.3, 0.4) is 0 Å². The number of aryl methyl sites for hydroxylation is 3. The molecule has 0 aliphatic heterocycles. The topological polar surface area (TPSA) is 49.8 Å². The molecule has 0 spiro atoms. The van der Waals surface area contributed by atoms with E-state index < -0.39 is 0 Å². The maximum atomic E-state index is 5.91. The van der Waals surface area contributed by atoms with E-state index in [0.29, 0.717) is 11.0 Å². The minimum absolute atomic E-state index is 0.546. The first-order valence-electron chi connectivity index (χ1n) is 7.72. The predicted octanol–water partition coefficient (Wildman–Crippen LogP) is 5.54. The Morgan fingerprint density at radius 3 is 2.33 bits per heavy atom. The van der Waals surface area contributed by atoms with E-state index in [9.17, 15) is 0 Å². The highest BCUT2D eigenvalue weighted by atomic mass is 35.5. The Morgan fingerprint density at radius 2 is 1.58 bits per heavy atom. The minimum atomic E-state index is 0.546. The molecule has 0 radical (unpaired) electrons. The summed E-state index contributed by atoms with van der Waals surface area (Å²) in [5.41, 5.74) is 5.19. The molecule has 0 aliphatic carbocycles. The van der Waals surface area contributed by atoms with Gasteiger partial charge in [-0.25, -0.2) is 4.98 Å². The highest BCUT2D eigenvalue weighted by molar-refractivity contribution is 6.30. The van der Waals surface area contributed by atoms with Crippen molar-refractivity contribution in [2.75, 3.05) is 10.6 Å². The molecule has 0 unspecified atom stereocenters. The summed E-state index contributed by atoms with van der Waals surface area (Å²) in [4.78, 5) is 8.99. The second-order valence-electron chi connectivity index (χ2n) is 5.79. The maximum absolute atomic E-state index is 5.91. The van der Waals surface area contributed by atoms with E-state index in [0.717, 1.165) is 22.9 Å². The normalized spacial score (nSPS) is 10.5. The Bertz CT molecular complexity index is 860. The van der Waals surface area contributed by atoms with E-state index in [1.165, 1.54) is 11.1 Å². The third-order valence-corrected chi connectivity index (χ3v) is 3.86. The lowest BCUT2D eigenvalue weighted by molar-refractivity contribution is 1.11. The lowest BCUT2D eigenvalue weighted by Crippen LogP contribution is -2.03. The van der Waals surface area contributed by atoms with Crippen molar-refractivity contribution < 1.29 is 0 Å². The number of benzene rings is 2. The van der Waals surface area contributed by atoms with E-state index >= 15 is 0 Å². The maximum Gasteiger partial charge on any atom is 0.229 e. The first kappa shape index (κ1) is 16.3. The van der Waals surface area contributed by atoms with Crippen LogP contribution >= 0.6 is 11.6 Å². The number of nitrogens with zero attached hydrogens (tertiary/aromatic N) is 2. The molecule has 4 nitrogen and oxygen atoms in total. The summed E-state index contributed by atoms with van der Waals surface area (Å²) in [6, 6.07) is 15.7. The SMILES string of the molecule is Cc1ccc(C)c(Nc2cc(C)nc(Nc3ccc(Cl)cc3)n2)c1. The molecule has 0 amide bonds. The van der Waals surface area contributed by atoms with E-state index in [4.69, 9.17) is 11.6 Å². The number of halogens is 1. The van der Waals surface area contributed by atoms with Crippen LogP contribution in [0.15, 0.2) is 48.5 Å². The number of anilines is 4. The quantitative estimate of drug-likeness (QED) is 0.655. The summed E-state index contributed by atoms with van der Waals surface area (Å²) < 4.78 is 0. The third-order valence-electron chi connectivity index (χ3n) is 3.61. The minimum Gasteiger partial charge on any atom is -0.340 e. The number of rotatable bonds is 4. The summed E-state index contributed by atoms with van der Waals surface area (Å²) in [7, 11) is 0. The first-order chi connectivity index (χ1) is 11.5. The van der Waals surface area contributed by atoms with E-state index in [2.05, 4.69) is 52.6 Å². The molecule has 1 heterocycles. The van der Waals surface area contributed by atoms with Crippen LogP contribution in [-0.2, 0) is 0 Å². The second kappa shape index (κ2) is 6.89. The van der Waals surface area contributed by atoms with Crippen molar-refractivity contribution in [1.29, 1.82) is 0 Å². The average molecular weight is 339 g/mol. The third kappa shape index (κ3) is 4.03. The first-order valence-corrected chi connectivity index (χ1v) is 8.10. The van der Waals surface area contributed by atoms with Gasteiger partial charge in [0.05, 0.1) is 0 Å². The molecule has 3 aromatic rings. The molecule has 0 saturated carbocycles. The fourth-order valence-electron chi connectivity index (χ4n) is 2.36. The Hall–Kier alpha value is -2.59. The Balaban J connectivity index is 1.85. The van der Waals surface area contributed by atoms with Gasteiger partial charge in [0.25, 0.3) is 0 Å². The summed E-state index contributed by atoms with van der Waals surface area (Å²) in [6.45, 7) is 6.09. The van der Waals surface area contributed by atoms with Crippen LogP contribution in [-0.4, -0.2) is 9.97 Å². The molecule has 0 fully saturated rings. The molecular weight excluding hydrogens is 320 g/mol. The number of hydrogen-bond acceptors (Lipinski definition) is 4. The van der Waals surface area contributed by atoms with Crippen molar-refractivity contribution >= 4 is 34.7 Å². The van der Waals surface area contributed by atoms with Crippen LogP contribution in [0.4, 0.5) is 23.1 Å². The zero-order valence-electron chi connectivity index (χ0n) is 13.9. The van der Waals surface area contributed by atoms with Crippen LogP contribution in [0.5, 0.6) is 0 Å². The smallest absolute Gasteiger partial charge is 0.229 e. The predicted molar refractivity (Wildman–Crippen MR) is 101 cm³/mol. The summed E-state index contributed by atoms with van der Waals surface area (Å²) in [5.74, 6) is 1.30. The summed E-state index contributed by atoms with van der Waals surface area (Å²) >= 11 is 5.91. The second-order valence-corrected chi connectivity index (χ2v) is 6.23. The van der Waals surface area contributed by atoms with Crippen molar-refractivity contribution in [1.82, 2.24) is 9.97 Å².